The van der Waals surface area contributed by atoms with Crippen LogP contribution < -0.4 is 11.1 Å². The highest BCUT2D eigenvalue weighted by molar-refractivity contribution is 6.04. The summed E-state index contributed by atoms with van der Waals surface area (Å²) in [6.07, 6.45) is 7.43. The fraction of sp³-hybridized carbons (Fsp3) is 0.619. The van der Waals surface area contributed by atoms with Crippen molar-refractivity contribution in [2.75, 3.05) is 19.6 Å². The summed E-state index contributed by atoms with van der Waals surface area (Å²) in [5, 5.41) is 3.57. The molecule has 2 aliphatic heterocycles. The second kappa shape index (κ2) is 7.98. The number of fused-ring (bicyclic) bond motifs is 1. The van der Waals surface area contributed by atoms with Gasteiger partial charge in [-0.25, -0.2) is 4.98 Å². The molecular weight excluding hydrogens is 338 g/mol. The smallest absolute Gasteiger partial charge is 0.250 e. The molecule has 6 heteroatoms. The van der Waals surface area contributed by atoms with Crippen molar-refractivity contribution in [3.8, 4) is 0 Å². The first-order chi connectivity index (χ1) is 13.2. The van der Waals surface area contributed by atoms with Gasteiger partial charge in [0.2, 0.25) is 0 Å². The van der Waals surface area contributed by atoms with Gasteiger partial charge in [-0.15, -0.1) is 0 Å². The van der Waals surface area contributed by atoms with E-state index in [1.165, 1.54) is 38.6 Å². The average molecular weight is 370 g/mol. The standard InChI is InChI=1S/C21H31N5O/c1-2-15-7-3-4-12-25(15)13-14-26-18-10-5-8-16(20(22)27)19(18)24-21(26)17-9-6-11-23-17/h5,8,10,15,17,23H,2-4,6-7,9,11-14H2,1H3,(H2,22,27). The zero-order valence-corrected chi connectivity index (χ0v) is 16.3. The van der Waals surface area contributed by atoms with Crippen molar-refractivity contribution >= 4 is 16.9 Å². The van der Waals surface area contributed by atoms with Crippen molar-refractivity contribution in [3.63, 3.8) is 0 Å². The highest BCUT2D eigenvalue weighted by Crippen LogP contribution is 2.28. The molecule has 2 atom stereocenters. The van der Waals surface area contributed by atoms with E-state index in [0.717, 1.165) is 42.9 Å². The Morgan fingerprint density at radius 1 is 1.26 bits per heavy atom. The van der Waals surface area contributed by atoms with Crippen molar-refractivity contribution in [2.24, 2.45) is 5.73 Å². The van der Waals surface area contributed by atoms with Gasteiger partial charge in [0.25, 0.3) is 5.91 Å². The number of carbonyl (C=O) groups is 1. The lowest BCUT2D eigenvalue weighted by Gasteiger charge is -2.35. The molecule has 0 spiro atoms. The molecule has 0 aliphatic carbocycles. The normalized spacial score (nSPS) is 23.9. The van der Waals surface area contributed by atoms with Crippen molar-refractivity contribution in [1.82, 2.24) is 19.8 Å². The van der Waals surface area contributed by atoms with Crippen LogP contribution in [-0.4, -0.2) is 46.0 Å². The van der Waals surface area contributed by atoms with Gasteiger partial charge in [0, 0.05) is 19.1 Å². The minimum absolute atomic E-state index is 0.265. The van der Waals surface area contributed by atoms with Gasteiger partial charge in [-0.2, -0.15) is 0 Å². The van der Waals surface area contributed by atoms with Crippen LogP contribution in [0.1, 0.15) is 67.7 Å². The first kappa shape index (κ1) is 18.4. The Bertz CT molecular complexity index is 808. The van der Waals surface area contributed by atoms with Crippen LogP contribution in [0, 0.1) is 0 Å². The van der Waals surface area contributed by atoms with Crippen molar-refractivity contribution < 1.29 is 4.79 Å². The number of rotatable bonds is 6. The number of amides is 1. The third-order valence-corrected chi connectivity index (χ3v) is 6.28. The van der Waals surface area contributed by atoms with E-state index >= 15 is 0 Å². The van der Waals surface area contributed by atoms with Crippen LogP contribution in [0.5, 0.6) is 0 Å². The SMILES string of the molecule is CCC1CCCCN1CCn1c(C2CCCN2)nc2c(C(N)=O)cccc21. The number of piperidine rings is 1. The van der Waals surface area contributed by atoms with Crippen molar-refractivity contribution in [1.29, 1.82) is 0 Å². The molecule has 2 aliphatic rings. The molecule has 27 heavy (non-hydrogen) atoms. The molecule has 0 radical (unpaired) electrons. The number of nitrogens with one attached hydrogen (secondary N) is 1. The molecule has 0 bridgehead atoms. The topological polar surface area (TPSA) is 76.2 Å². The lowest BCUT2D eigenvalue weighted by atomic mass is 10.0. The van der Waals surface area contributed by atoms with Crippen LogP contribution in [0.2, 0.25) is 0 Å². The maximum Gasteiger partial charge on any atom is 0.250 e. The molecule has 4 rings (SSSR count). The van der Waals surface area contributed by atoms with E-state index in [9.17, 15) is 4.79 Å². The van der Waals surface area contributed by atoms with Crippen molar-refractivity contribution in [2.45, 2.75) is 64.1 Å². The number of primary amides is 1. The van der Waals surface area contributed by atoms with E-state index in [1.54, 1.807) is 6.07 Å². The van der Waals surface area contributed by atoms with Crippen LogP contribution in [-0.2, 0) is 6.54 Å². The molecule has 2 saturated heterocycles. The number of hydrogen-bond acceptors (Lipinski definition) is 4. The zero-order chi connectivity index (χ0) is 18.8. The average Bonchev–Trinajstić information content (AvgIpc) is 3.33. The van der Waals surface area contributed by atoms with Crippen LogP contribution in [0.3, 0.4) is 0 Å². The molecule has 0 saturated carbocycles. The van der Waals surface area contributed by atoms with E-state index in [0.29, 0.717) is 11.6 Å². The molecule has 1 aromatic carbocycles. The number of imidazole rings is 1. The number of carbonyl (C=O) groups excluding carboxylic acids is 1. The largest absolute Gasteiger partial charge is 0.366 e. The lowest BCUT2D eigenvalue weighted by Crippen LogP contribution is -2.41. The minimum atomic E-state index is -0.404. The molecule has 1 amide bonds. The molecule has 146 valence electrons. The maximum atomic E-state index is 11.9. The first-order valence-electron chi connectivity index (χ1n) is 10.5. The van der Waals surface area contributed by atoms with Gasteiger partial charge in [0.05, 0.1) is 17.1 Å². The number of hydrogen-bond donors (Lipinski definition) is 2. The van der Waals surface area contributed by atoms with E-state index < -0.39 is 5.91 Å². The fourth-order valence-electron chi connectivity index (χ4n) is 4.81. The van der Waals surface area contributed by atoms with E-state index in [-0.39, 0.29) is 6.04 Å². The summed E-state index contributed by atoms with van der Waals surface area (Å²) in [5.41, 5.74) is 7.91. The van der Waals surface area contributed by atoms with Gasteiger partial charge in [-0.3, -0.25) is 9.69 Å². The molecule has 2 aromatic rings. The zero-order valence-electron chi connectivity index (χ0n) is 16.3. The fourth-order valence-corrected chi connectivity index (χ4v) is 4.81. The van der Waals surface area contributed by atoms with Gasteiger partial charge in [-0.05, 0) is 57.3 Å². The van der Waals surface area contributed by atoms with Gasteiger partial charge in [0.1, 0.15) is 11.3 Å². The highest BCUT2D eigenvalue weighted by atomic mass is 16.1. The van der Waals surface area contributed by atoms with Gasteiger partial charge in [-0.1, -0.05) is 19.4 Å². The molecule has 1 aromatic heterocycles. The molecular formula is C21H31N5O. The predicted molar refractivity (Wildman–Crippen MR) is 108 cm³/mol. The monoisotopic (exact) mass is 369 g/mol. The quantitative estimate of drug-likeness (QED) is 0.821. The van der Waals surface area contributed by atoms with E-state index in [1.807, 2.05) is 6.07 Å². The lowest BCUT2D eigenvalue weighted by molar-refractivity contribution is 0.100. The summed E-state index contributed by atoms with van der Waals surface area (Å²) < 4.78 is 2.33. The Labute approximate surface area is 161 Å². The first-order valence-corrected chi connectivity index (χ1v) is 10.5. The predicted octanol–water partition coefficient (Wildman–Crippen LogP) is 2.82. The Balaban J connectivity index is 1.68. The van der Waals surface area contributed by atoms with Gasteiger partial charge >= 0.3 is 0 Å². The summed E-state index contributed by atoms with van der Waals surface area (Å²) in [4.78, 5) is 19.4. The number of nitrogens with two attached hydrogens (primary N) is 1. The summed E-state index contributed by atoms with van der Waals surface area (Å²) in [5.74, 6) is 0.652. The van der Waals surface area contributed by atoms with Crippen LogP contribution in [0.25, 0.3) is 11.0 Å². The number of aromatic nitrogens is 2. The molecule has 2 unspecified atom stereocenters. The van der Waals surface area contributed by atoms with Crippen molar-refractivity contribution in [3.05, 3.63) is 29.6 Å². The molecule has 2 fully saturated rings. The Kier molecular flexibility index (Phi) is 5.45. The Hall–Kier alpha value is -1.92. The summed E-state index contributed by atoms with van der Waals surface area (Å²) in [7, 11) is 0. The van der Waals surface area contributed by atoms with E-state index in [4.69, 9.17) is 10.7 Å². The van der Waals surface area contributed by atoms with Crippen LogP contribution in [0.4, 0.5) is 0 Å². The minimum Gasteiger partial charge on any atom is -0.366 e. The van der Waals surface area contributed by atoms with Gasteiger partial charge in [0.15, 0.2) is 0 Å². The number of nitrogens with zero attached hydrogens (tertiary/aromatic N) is 3. The second-order valence-electron chi connectivity index (χ2n) is 7.90. The molecule has 3 N–H and O–H groups in total. The summed E-state index contributed by atoms with van der Waals surface area (Å²) >= 11 is 0. The summed E-state index contributed by atoms with van der Waals surface area (Å²) in [6.45, 7) is 6.45. The number of likely N-dealkylation sites (tertiary alicyclic amines) is 1. The van der Waals surface area contributed by atoms with Crippen LogP contribution >= 0.6 is 0 Å². The third kappa shape index (κ3) is 3.60. The molecule has 6 nitrogen and oxygen atoms in total. The van der Waals surface area contributed by atoms with Crippen LogP contribution in [0.15, 0.2) is 18.2 Å². The Morgan fingerprint density at radius 2 is 2.15 bits per heavy atom. The number of benzene rings is 1. The maximum absolute atomic E-state index is 11.9. The number of para-hydroxylation sites is 1. The van der Waals surface area contributed by atoms with Gasteiger partial charge < -0.3 is 15.6 Å². The summed E-state index contributed by atoms with van der Waals surface area (Å²) in [6, 6.07) is 6.73. The Morgan fingerprint density at radius 3 is 2.89 bits per heavy atom. The highest BCUT2D eigenvalue weighted by Gasteiger charge is 2.26. The molecule has 3 heterocycles. The van der Waals surface area contributed by atoms with E-state index in [2.05, 4.69) is 27.8 Å². The third-order valence-electron chi connectivity index (χ3n) is 6.28. The second-order valence-corrected chi connectivity index (χ2v) is 7.90.